The van der Waals surface area contributed by atoms with Crippen molar-refractivity contribution in [2.45, 2.75) is 37.6 Å². The van der Waals surface area contributed by atoms with Gasteiger partial charge in [0.25, 0.3) is 5.91 Å². The highest BCUT2D eigenvalue weighted by molar-refractivity contribution is 5.98. The molecular formula is C15H16N2O3. The highest BCUT2D eigenvalue weighted by atomic mass is 16.4. The molecule has 1 aliphatic rings. The smallest absolute Gasteiger partial charge is 0.329 e. The monoisotopic (exact) mass is 272 g/mol. The van der Waals surface area contributed by atoms with Crippen LogP contribution in [0.5, 0.6) is 0 Å². The zero-order valence-electron chi connectivity index (χ0n) is 11.1. The van der Waals surface area contributed by atoms with Gasteiger partial charge >= 0.3 is 5.97 Å². The van der Waals surface area contributed by atoms with E-state index in [1.165, 1.54) is 6.07 Å². The Morgan fingerprint density at radius 3 is 2.55 bits per heavy atom. The summed E-state index contributed by atoms with van der Waals surface area (Å²) in [6, 6.07) is 8.22. The van der Waals surface area contributed by atoms with Crippen LogP contribution >= 0.6 is 0 Å². The van der Waals surface area contributed by atoms with Crippen LogP contribution in [0.4, 0.5) is 0 Å². The molecule has 2 rings (SSSR count). The average molecular weight is 272 g/mol. The van der Waals surface area contributed by atoms with Crippen LogP contribution < -0.4 is 5.32 Å². The lowest BCUT2D eigenvalue weighted by molar-refractivity contribution is -0.145. The highest BCUT2D eigenvalue weighted by Crippen LogP contribution is 2.28. The topological polar surface area (TPSA) is 90.2 Å². The fourth-order valence-electron chi connectivity index (χ4n) is 2.57. The lowest BCUT2D eigenvalue weighted by atomic mass is 9.81. The first-order valence-corrected chi connectivity index (χ1v) is 6.63. The molecule has 0 aliphatic heterocycles. The molecule has 0 spiro atoms. The molecule has 0 radical (unpaired) electrons. The zero-order chi connectivity index (χ0) is 14.6. The summed E-state index contributed by atoms with van der Waals surface area (Å²) in [5, 5.41) is 20.9. The van der Waals surface area contributed by atoms with Gasteiger partial charge in [0.05, 0.1) is 11.6 Å². The van der Waals surface area contributed by atoms with Crippen molar-refractivity contribution in [2.24, 2.45) is 0 Å². The van der Waals surface area contributed by atoms with Gasteiger partial charge in [-0.2, -0.15) is 5.26 Å². The molecule has 5 nitrogen and oxygen atoms in total. The van der Waals surface area contributed by atoms with E-state index >= 15 is 0 Å². The Bertz CT molecular complexity index is 569. The van der Waals surface area contributed by atoms with Crippen molar-refractivity contribution in [3.8, 4) is 6.07 Å². The third kappa shape index (κ3) is 2.80. The molecule has 104 valence electrons. The van der Waals surface area contributed by atoms with Crippen LogP contribution in [0.3, 0.4) is 0 Å². The van der Waals surface area contributed by atoms with Gasteiger partial charge in [-0.3, -0.25) is 4.79 Å². The number of amides is 1. The van der Waals surface area contributed by atoms with E-state index in [1.54, 1.807) is 18.2 Å². The second-order valence-electron chi connectivity index (χ2n) is 5.09. The molecule has 1 saturated carbocycles. The van der Waals surface area contributed by atoms with Crippen LogP contribution in [0, 0.1) is 11.3 Å². The summed E-state index contributed by atoms with van der Waals surface area (Å²) in [6.45, 7) is 0. The van der Waals surface area contributed by atoms with Crippen molar-refractivity contribution in [2.75, 3.05) is 0 Å². The summed E-state index contributed by atoms with van der Waals surface area (Å²) >= 11 is 0. The number of nitrogens with one attached hydrogen (secondary N) is 1. The maximum atomic E-state index is 12.2. The number of carboxylic acid groups (broad SMARTS) is 1. The number of benzene rings is 1. The number of carboxylic acids is 1. The second-order valence-corrected chi connectivity index (χ2v) is 5.09. The molecule has 1 fully saturated rings. The Labute approximate surface area is 117 Å². The van der Waals surface area contributed by atoms with Crippen molar-refractivity contribution in [3.63, 3.8) is 0 Å². The van der Waals surface area contributed by atoms with Crippen LogP contribution in [0.1, 0.15) is 48.0 Å². The molecule has 0 atom stereocenters. The second kappa shape index (κ2) is 5.74. The van der Waals surface area contributed by atoms with Gasteiger partial charge in [-0.25, -0.2) is 4.79 Å². The van der Waals surface area contributed by atoms with Crippen LogP contribution in [-0.4, -0.2) is 22.5 Å². The number of carbonyl (C=O) groups is 2. The maximum Gasteiger partial charge on any atom is 0.329 e. The third-order valence-electron chi connectivity index (χ3n) is 3.72. The van der Waals surface area contributed by atoms with Crippen molar-refractivity contribution < 1.29 is 14.7 Å². The Morgan fingerprint density at radius 2 is 1.95 bits per heavy atom. The van der Waals surface area contributed by atoms with Crippen molar-refractivity contribution in [1.29, 1.82) is 5.26 Å². The number of nitrogens with zero attached hydrogens (tertiary/aromatic N) is 1. The van der Waals surface area contributed by atoms with Gasteiger partial charge in [0, 0.05) is 5.56 Å². The van der Waals surface area contributed by atoms with E-state index < -0.39 is 17.4 Å². The van der Waals surface area contributed by atoms with Gasteiger partial charge < -0.3 is 10.4 Å². The van der Waals surface area contributed by atoms with Gasteiger partial charge in [0.1, 0.15) is 5.54 Å². The largest absolute Gasteiger partial charge is 0.480 e. The lowest BCUT2D eigenvalue weighted by Gasteiger charge is -2.34. The van der Waals surface area contributed by atoms with Crippen LogP contribution in [0.25, 0.3) is 0 Å². The first-order chi connectivity index (χ1) is 9.57. The predicted molar refractivity (Wildman–Crippen MR) is 72.1 cm³/mol. The standard InChI is InChI=1S/C15H16N2O3/c16-10-11-5-4-6-12(9-11)13(18)17-15(14(19)20)7-2-1-3-8-15/h4-6,9H,1-3,7-8H2,(H,17,18)(H,19,20). The summed E-state index contributed by atoms with van der Waals surface area (Å²) in [5.74, 6) is -1.42. The van der Waals surface area contributed by atoms with Gasteiger partial charge in [-0.1, -0.05) is 25.3 Å². The van der Waals surface area contributed by atoms with Crippen molar-refractivity contribution in [1.82, 2.24) is 5.32 Å². The Balaban J connectivity index is 2.20. The van der Waals surface area contributed by atoms with Crippen molar-refractivity contribution >= 4 is 11.9 Å². The number of hydrogen-bond acceptors (Lipinski definition) is 3. The van der Waals surface area contributed by atoms with E-state index in [9.17, 15) is 14.7 Å². The summed E-state index contributed by atoms with van der Waals surface area (Å²) in [5.41, 5.74) is -0.473. The summed E-state index contributed by atoms with van der Waals surface area (Å²) in [6.07, 6.45) is 3.49. The molecule has 0 heterocycles. The van der Waals surface area contributed by atoms with Gasteiger partial charge in [0.15, 0.2) is 0 Å². The molecule has 0 unspecified atom stereocenters. The number of nitriles is 1. The molecule has 1 aromatic rings. The molecule has 5 heteroatoms. The molecule has 2 N–H and O–H groups in total. The Kier molecular flexibility index (Phi) is 4.04. The fourth-order valence-corrected chi connectivity index (χ4v) is 2.57. The Hall–Kier alpha value is -2.35. The number of hydrogen-bond donors (Lipinski definition) is 2. The minimum absolute atomic E-state index is 0.315. The molecule has 1 aromatic carbocycles. The van der Waals surface area contributed by atoms with E-state index in [1.807, 2.05) is 6.07 Å². The van der Waals surface area contributed by atoms with Gasteiger partial charge in [-0.15, -0.1) is 0 Å². The third-order valence-corrected chi connectivity index (χ3v) is 3.72. The van der Waals surface area contributed by atoms with E-state index in [2.05, 4.69) is 5.32 Å². The van der Waals surface area contributed by atoms with E-state index in [0.29, 0.717) is 24.0 Å². The van der Waals surface area contributed by atoms with Crippen LogP contribution in [0.2, 0.25) is 0 Å². The van der Waals surface area contributed by atoms with Gasteiger partial charge in [-0.05, 0) is 31.0 Å². The SMILES string of the molecule is N#Cc1cccc(C(=O)NC2(C(=O)O)CCCCC2)c1. The van der Waals surface area contributed by atoms with Gasteiger partial charge in [0.2, 0.25) is 0 Å². The molecule has 20 heavy (non-hydrogen) atoms. The average Bonchev–Trinajstić information content (AvgIpc) is 2.48. The van der Waals surface area contributed by atoms with E-state index in [-0.39, 0.29) is 0 Å². The van der Waals surface area contributed by atoms with Crippen LogP contribution in [-0.2, 0) is 4.79 Å². The molecule has 0 bridgehead atoms. The predicted octanol–water partition coefficient (Wildman–Crippen LogP) is 2.08. The zero-order valence-corrected chi connectivity index (χ0v) is 11.1. The van der Waals surface area contributed by atoms with Crippen LogP contribution in [0.15, 0.2) is 24.3 Å². The number of carbonyl (C=O) groups excluding carboxylic acids is 1. The fraction of sp³-hybridized carbons (Fsp3) is 0.400. The maximum absolute atomic E-state index is 12.2. The molecule has 1 aliphatic carbocycles. The highest BCUT2D eigenvalue weighted by Gasteiger charge is 2.41. The molecule has 0 aromatic heterocycles. The number of aliphatic carboxylic acids is 1. The summed E-state index contributed by atoms with van der Waals surface area (Å²) < 4.78 is 0. The first kappa shape index (κ1) is 14.1. The quantitative estimate of drug-likeness (QED) is 0.881. The summed E-state index contributed by atoms with van der Waals surface area (Å²) in [7, 11) is 0. The molecular weight excluding hydrogens is 256 g/mol. The minimum atomic E-state index is -1.17. The molecule has 0 saturated heterocycles. The Morgan fingerprint density at radius 1 is 1.25 bits per heavy atom. The van der Waals surface area contributed by atoms with Crippen molar-refractivity contribution in [3.05, 3.63) is 35.4 Å². The van der Waals surface area contributed by atoms with E-state index in [4.69, 9.17) is 5.26 Å². The molecule has 1 amide bonds. The lowest BCUT2D eigenvalue weighted by Crippen LogP contribution is -2.55. The number of rotatable bonds is 3. The normalized spacial score (nSPS) is 16.9. The summed E-state index contributed by atoms with van der Waals surface area (Å²) in [4.78, 5) is 23.7. The first-order valence-electron chi connectivity index (χ1n) is 6.63. The van der Waals surface area contributed by atoms with E-state index in [0.717, 1.165) is 19.3 Å². The minimum Gasteiger partial charge on any atom is -0.480 e.